The largest absolute Gasteiger partial charge is 0.0533 e. The molecule has 2 radical (unpaired) electrons. The fourth-order valence-corrected chi connectivity index (χ4v) is 2.50. The molecule has 0 amide bonds. The number of rotatable bonds is 0. The number of hydrogen-bond donors (Lipinski definition) is 0. The summed E-state index contributed by atoms with van der Waals surface area (Å²) in [6.45, 7) is 0. The zero-order chi connectivity index (χ0) is 11.3. The van der Waals surface area contributed by atoms with Gasteiger partial charge in [-0.15, -0.1) is 0 Å². The van der Waals surface area contributed by atoms with E-state index in [0.29, 0.717) is 0 Å². The average Bonchev–Trinajstić information content (AvgIpc) is 2.29. The van der Waals surface area contributed by atoms with Crippen molar-refractivity contribution in [2.24, 2.45) is 0 Å². The Balaban J connectivity index is 2.00. The van der Waals surface area contributed by atoms with Crippen LogP contribution in [0.25, 0.3) is 0 Å². The smallest absolute Gasteiger partial charge is 0.0386 e. The molecule has 0 bridgehead atoms. The van der Waals surface area contributed by atoms with Crippen LogP contribution in [0.1, 0.15) is 89.9 Å². The second kappa shape index (κ2) is 11.5. The van der Waals surface area contributed by atoms with E-state index in [9.17, 15) is 0 Å². The van der Waals surface area contributed by atoms with Gasteiger partial charge < -0.3 is 0 Å². The Bertz CT molecular complexity index is 64.0. The van der Waals surface area contributed by atoms with Crippen molar-refractivity contribution in [2.75, 3.05) is 0 Å². The summed E-state index contributed by atoms with van der Waals surface area (Å²) in [4.78, 5) is 0. The first-order valence-electron chi connectivity index (χ1n) is 7.63. The van der Waals surface area contributed by atoms with Crippen LogP contribution >= 0.6 is 0 Å². The highest BCUT2D eigenvalue weighted by molar-refractivity contribution is 4.68. The van der Waals surface area contributed by atoms with Crippen LogP contribution in [0.2, 0.25) is 0 Å². The van der Waals surface area contributed by atoms with E-state index in [0.717, 1.165) is 0 Å². The topological polar surface area (TPSA) is 0 Å². The van der Waals surface area contributed by atoms with Crippen molar-refractivity contribution in [1.82, 2.24) is 0 Å². The van der Waals surface area contributed by atoms with Crippen LogP contribution in [0.4, 0.5) is 0 Å². The lowest BCUT2D eigenvalue weighted by Gasteiger charge is -2.05. The molecule has 1 aliphatic carbocycles. The van der Waals surface area contributed by atoms with Crippen LogP contribution < -0.4 is 0 Å². The molecule has 1 fully saturated rings. The highest BCUT2D eigenvalue weighted by Gasteiger charge is 1.96. The third-order valence-electron chi connectivity index (χ3n) is 3.63. The van der Waals surface area contributed by atoms with Gasteiger partial charge in [0.05, 0.1) is 0 Å². The van der Waals surface area contributed by atoms with E-state index in [4.69, 9.17) is 0 Å². The maximum absolute atomic E-state index is 2.52. The molecule has 0 saturated heterocycles. The van der Waals surface area contributed by atoms with Gasteiger partial charge in [-0.05, 0) is 12.8 Å². The van der Waals surface area contributed by atoms with Crippen molar-refractivity contribution < 1.29 is 0 Å². The van der Waals surface area contributed by atoms with Crippen LogP contribution in [-0.4, -0.2) is 0 Å². The highest BCUT2D eigenvalue weighted by Crippen LogP contribution is 2.15. The van der Waals surface area contributed by atoms with E-state index < -0.39 is 0 Å². The Kier molecular flexibility index (Phi) is 10.1. The predicted octanol–water partition coefficient (Wildman–Crippen LogP) is 5.87. The molecule has 0 aromatic rings. The first-order chi connectivity index (χ1) is 8.00. The monoisotopic (exact) mass is 222 g/mol. The summed E-state index contributed by atoms with van der Waals surface area (Å²) in [5.74, 6) is 0. The van der Waals surface area contributed by atoms with Gasteiger partial charge in [0.1, 0.15) is 0 Å². The predicted molar refractivity (Wildman–Crippen MR) is 73.2 cm³/mol. The third kappa shape index (κ3) is 9.24. The molecule has 0 aromatic heterocycles. The molecule has 0 heterocycles. The summed E-state index contributed by atoms with van der Waals surface area (Å²) in [7, 11) is 0. The molecule has 0 spiro atoms. The molecule has 0 atom stereocenters. The van der Waals surface area contributed by atoms with Gasteiger partial charge in [-0.25, -0.2) is 0 Å². The maximum Gasteiger partial charge on any atom is -0.0386 e. The van der Waals surface area contributed by atoms with Gasteiger partial charge in [-0.3, -0.25) is 0 Å². The minimum Gasteiger partial charge on any atom is -0.0533 e. The van der Waals surface area contributed by atoms with Gasteiger partial charge in [0.15, 0.2) is 0 Å². The van der Waals surface area contributed by atoms with Crippen molar-refractivity contribution in [3.8, 4) is 0 Å². The van der Waals surface area contributed by atoms with Crippen LogP contribution in [0.3, 0.4) is 0 Å². The van der Waals surface area contributed by atoms with E-state index in [2.05, 4.69) is 12.8 Å². The lowest BCUT2D eigenvalue weighted by molar-refractivity contribution is 0.558. The molecule has 1 saturated carbocycles. The molecule has 0 aliphatic heterocycles. The SMILES string of the molecule is [CH]1CCCCC[CH]CCCCCCCCC1. The van der Waals surface area contributed by atoms with Crippen LogP contribution in [0.15, 0.2) is 0 Å². The molecule has 0 N–H and O–H groups in total. The van der Waals surface area contributed by atoms with E-state index >= 15 is 0 Å². The second-order valence-corrected chi connectivity index (χ2v) is 5.27. The van der Waals surface area contributed by atoms with Crippen molar-refractivity contribution in [3.05, 3.63) is 12.8 Å². The molecule has 1 rings (SSSR count). The summed E-state index contributed by atoms with van der Waals surface area (Å²) >= 11 is 0. The average molecular weight is 222 g/mol. The van der Waals surface area contributed by atoms with E-state index in [1.54, 1.807) is 0 Å². The molecule has 16 heavy (non-hydrogen) atoms. The molecular weight excluding hydrogens is 192 g/mol. The minimum absolute atomic E-state index is 1.36. The van der Waals surface area contributed by atoms with Crippen molar-refractivity contribution in [3.63, 3.8) is 0 Å². The van der Waals surface area contributed by atoms with E-state index in [1.165, 1.54) is 89.9 Å². The summed E-state index contributed by atoms with van der Waals surface area (Å²) in [5, 5.41) is 0. The fourth-order valence-electron chi connectivity index (χ4n) is 2.50. The molecule has 94 valence electrons. The third-order valence-corrected chi connectivity index (χ3v) is 3.63. The zero-order valence-electron chi connectivity index (χ0n) is 11.1. The van der Waals surface area contributed by atoms with Crippen LogP contribution in [-0.2, 0) is 0 Å². The van der Waals surface area contributed by atoms with Crippen LogP contribution in [0, 0.1) is 12.8 Å². The Morgan fingerprint density at radius 3 is 0.938 bits per heavy atom. The van der Waals surface area contributed by atoms with Gasteiger partial charge in [0, 0.05) is 0 Å². The molecule has 0 aromatic carbocycles. The highest BCUT2D eigenvalue weighted by atomic mass is 14.0. The fraction of sp³-hybridized carbons (Fsp3) is 0.875. The number of hydrogen-bond acceptors (Lipinski definition) is 0. The first kappa shape index (κ1) is 14.1. The standard InChI is InChI=1S/C16H30/c1-2-4-6-8-10-12-14-16-15-13-11-9-7-5-3-1/h1,12H,2-11,13-16H2. The Labute approximate surface area is 103 Å². The van der Waals surface area contributed by atoms with Gasteiger partial charge in [0.2, 0.25) is 0 Å². The molecule has 0 heteroatoms. The summed E-state index contributed by atoms with van der Waals surface area (Å²) in [5.41, 5.74) is 0. The van der Waals surface area contributed by atoms with Crippen molar-refractivity contribution in [1.29, 1.82) is 0 Å². The molecule has 0 unspecified atom stereocenters. The Morgan fingerprint density at radius 1 is 0.312 bits per heavy atom. The molecule has 1 aliphatic rings. The summed E-state index contributed by atoms with van der Waals surface area (Å²) < 4.78 is 0. The van der Waals surface area contributed by atoms with Gasteiger partial charge in [-0.1, -0.05) is 89.9 Å². The van der Waals surface area contributed by atoms with E-state index in [1.807, 2.05) is 0 Å². The summed E-state index contributed by atoms with van der Waals surface area (Å²) in [6.07, 6.45) is 25.0. The van der Waals surface area contributed by atoms with Crippen molar-refractivity contribution in [2.45, 2.75) is 89.9 Å². The first-order valence-corrected chi connectivity index (χ1v) is 7.63. The van der Waals surface area contributed by atoms with Crippen LogP contribution in [0.5, 0.6) is 0 Å². The molecule has 0 nitrogen and oxygen atoms in total. The quantitative estimate of drug-likeness (QED) is 0.481. The lowest BCUT2D eigenvalue weighted by Crippen LogP contribution is -1.86. The summed E-state index contributed by atoms with van der Waals surface area (Å²) in [6, 6.07) is 0. The normalized spacial score (nSPS) is 24.0. The maximum atomic E-state index is 2.52. The van der Waals surface area contributed by atoms with Gasteiger partial charge in [-0.2, -0.15) is 0 Å². The van der Waals surface area contributed by atoms with Gasteiger partial charge in [0.25, 0.3) is 0 Å². The van der Waals surface area contributed by atoms with Gasteiger partial charge >= 0.3 is 0 Å². The van der Waals surface area contributed by atoms with Crippen molar-refractivity contribution >= 4 is 0 Å². The van der Waals surface area contributed by atoms with E-state index in [-0.39, 0.29) is 0 Å². The Morgan fingerprint density at radius 2 is 0.562 bits per heavy atom. The minimum atomic E-state index is 1.36. The molecular formula is C16H30. The second-order valence-electron chi connectivity index (χ2n) is 5.27. The zero-order valence-corrected chi connectivity index (χ0v) is 11.1. The Hall–Kier alpha value is 0. The lowest BCUT2D eigenvalue weighted by atomic mass is 10.0.